The maximum absolute atomic E-state index is 13.7. The van der Waals surface area contributed by atoms with Crippen molar-refractivity contribution >= 4 is 5.69 Å². The number of fused-ring (bicyclic) bond motifs is 2. The number of benzene rings is 3. The van der Waals surface area contributed by atoms with E-state index in [2.05, 4.69) is 73.3 Å². The van der Waals surface area contributed by atoms with E-state index in [1.807, 2.05) is 18.2 Å². The summed E-state index contributed by atoms with van der Waals surface area (Å²) < 4.78 is 32.7. The van der Waals surface area contributed by atoms with Crippen LogP contribution in [-0.4, -0.2) is 24.7 Å². The summed E-state index contributed by atoms with van der Waals surface area (Å²) in [6.07, 6.45) is 4.47. The summed E-state index contributed by atoms with van der Waals surface area (Å²) >= 11 is 0. The predicted octanol–water partition coefficient (Wildman–Crippen LogP) is 7.56. The highest BCUT2D eigenvalue weighted by Gasteiger charge is 2.60. The third kappa shape index (κ3) is 4.59. The van der Waals surface area contributed by atoms with Gasteiger partial charge in [-0.3, -0.25) is 0 Å². The molecule has 6 atom stereocenters. The van der Waals surface area contributed by atoms with E-state index in [0.717, 1.165) is 30.5 Å². The lowest BCUT2D eigenvalue weighted by Crippen LogP contribution is -2.55. The van der Waals surface area contributed by atoms with E-state index in [1.165, 1.54) is 17.5 Å². The van der Waals surface area contributed by atoms with Crippen molar-refractivity contribution in [1.82, 2.24) is 0 Å². The third-order valence-electron chi connectivity index (χ3n) is 9.37. The highest BCUT2D eigenvalue weighted by atomic mass is 19.3. The first-order chi connectivity index (χ1) is 18.4. The van der Waals surface area contributed by atoms with Crippen LogP contribution in [0.25, 0.3) is 0 Å². The van der Waals surface area contributed by atoms with Gasteiger partial charge in [0.1, 0.15) is 5.75 Å². The van der Waals surface area contributed by atoms with Crippen LogP contribution < -0.4 is 15.4 Å². The maximum Gasteiger partial charge on any atom is 0.387 e. The average molecular weight is 517 g/mol. The monoisotopic (exact) mass is 516 g/mol. The maximum atomic E-state index is 13.7. The van der Waals surface area contributed by atoms with Crippen molar-refractivity contribution < 1.29 is 13.5 Å². The lowest BCUT2D eigenvalue weighted by molar-refractivity contribution is -0.0496. The van der Waals surface area contributed by atoms with Crippen LogP contribution in [0.3, 0.4) is 0 Å². The number of alkyl halides is 2. The van der Waals surface area contributed by atoms with Crippen LogP contribution in [-0.2, 0) is 0 Å². The van der Waals surface area contributed by atoms with Gasteiger partial charge in [0.15, 0.2) is 0 Å². The zero-order chi connectivity index (χ0) is 26.4. The minimum atomic E-state index is -2.89. The molecule has 2 aliphatic carbocycles. The van der Waals surface area contributed by atoms with Gasteiger partial charge in [-0.05, 0) is 71.8 Å². The van der Waals surface area contributed by atoms with E-state index >= 15 is 0 Å². The molecule has 1 saturated heterocycles. The Kier molecular flexibility index (Phi) is 6.90. The first-order valence-corrected chi connectivity index (χ1v) is 14.2. The number of halogens is 2. The zero-order valence-electron chi connectivity index (χ0n) is 22.2. The summed E-state index contributed by atoms with van der Waals surface area (Å²) in [7, 11) is 0. The zero-order valence-corrected chi connectivity index (χ0v) is 22.2. The molecular weight excluding hydrogens is 478 g/mol. The summed E-state index contributed by atoms with van der Waals surface area (Å²) in [6, 6.07) is 27.0. The Bertz CT molecular complexity index is 1190. The van der Waals surface area contributed by atoms with Crippen molar-refractivity contribution in [3.05, 3.63) is 95.6 Å². The quantitative estimate of drug-likeness (QED) is 0.352. The van der Waals surface area contributed by atoms with Gasteiger partial charge in [0.05, 0.1) is 11.7 Å². The standard InChI is InChI=1S/C33H38F2N2O/c1-20(2)23-16-17-28(38-33(34)35)27(18-23)37-24-14-9-15-25-26(19-24)30(25)31(36)32(37)29(21-10-5-3-6-11-21)22-12-7-4-8-13-22/h3-8,10-13,16-18,20,24-26,29-33H,9,14-15,19,36H2,1-2H3. The summed E-state index contributed by atoms with van der Waals surface area (Å²) in [4.78, 5) is 2.44. The Balaban J connectivity index is 1.58. The van der Waals surface area contributed by atoms with E-state index in [1.54, 1.807) is 6.07 Å². The number of hydrogen-bond donors (Lipinski definition) is 1. The fourth-order valence-corrected chi connectivity index (χ4v) is 7.65. The number of nitrogens with zero attached hydrogens (tertiary/aromatic N) is 1. The Morgan fingerprint density at radius 3 is 2.11 bits per heavy atom. The number of rotatable bonds is 7. The SMILES string of the molecule is CC(C)c1ccc(OC(F)F)c(N2C3CCCC4C(C3)C4C(N)C2C(c2ccccc2)c2ccccc2)c1. The Morgan fingerprint density at radius 1 is 0.842 bits per heavy atom. The van der Waals surface area contributed by atoms with E-state index in [9.17, 15) is 8.78 Å². The van der Waals surface area contributed by atoms with E-state index < -0.39 is 6.61 Å². The second kappa shape index (κ2) is 10.3. The van der Waals surface area contributed by atoms with E-state index in [4.69, 9.17) is 10.5 Å². The van der Waals surface area contributed by atoms with Gasteiger partial charge in [0.25, 0.3) is 0 Å². The second-order valence-corrected chi connectivity index (χ2v) is 11.8. The molecule has 2 saturated carbocycles. The highest BCUT2D eigenvalue weighted by molar-refractivity contribution is 5.64. The van der Waals surface area contributed by atoms with Crippen LogP contribution in [0.4, 0.5) is 14.5 Å². The topological polar surface area (TPSA) is 38.5 Å². The average Bonchev–Trinajstić information content (AvgIpc) is 3.65. The number of hydrogen-bond acceptors (Lipinski definition) is 3. The van der Waals surface area contributed by atoms with Crippen LogP contribution in [0, 0.1) is 17.8 Å². The Labute approximate surface area is 225 Å². The number of anilines is 1. The molecule has 0 radical (unpaired) electrons. The van der Waals surface area contributed by atoms with Gasteiger partial charge >= 0.3 is 6.61 Å². The minimum Gasteiger partial charge on any atom is -0.433 e. The molecule has 0 spiro atoms. The molecule has 3 aliphatic rings. The molecule has 3 nitrogen and oxygen atoms in total. The van der Waals surface area contributed by atoms with Crippen LogP contribution in [0.15, 0.2) is 78.9 Å². The normalized spacial score (nSPS) is 28.4. The fraction of sp³-hybridized carbons (Fsp3) is 0.455. The molecule has 3 aromatic rings. The molecule has 1 heterocycles. The van der Waals surface area contributed by atoms with E-state index in [-0.39, 0.29) is 35.7 Å². The molecule has 2 N–H and O–H groups in total. The number of nitrogens with two attached hydrogens (primary N) is 1. The van der Waals surface area contributed by atoms with Crippen molar-refractivity contribution in [3.63, 3.8) is 0 Å². The molecule has 0 amide bonds. The molecule has 6 rings (SSSR count). The van der Waals surface area contributed by atoms with Gasteiger partial charge in [-0.2, -0.15) is 8.78 Å². The molecule has 6 unspecified atom stereocenters. The summed E-state index contributed by atoms with van der Waals surface area (Å²) in [5.41, 5.74) is 11.6. The van der Waals surface area contributed by atoms with E-state index in [0.29, 0.717) is 17.8 Å². The van der Waals surface area contributed by atoms with Gasteiger partial charge < -0.3 is 15.4 Å². The van der Waals surface area contributed by atoms with Gasteiger partial charge in [-0.15, -0.1) is 0 Å². The first kappa shape index (κ1) is 25.4. The fourth-order valence-electron chi connectivity index (χ4n) is 7.65. The van der Waals surface area contributed by atoms with Crippen molar-refractivity contribution in [2.24, 2.45) is 23.5 Å². The van der Waals surface area contributed by atoms with Crippen LogP contribution in [0.1, 0.15) is 68.1 Å². The van der Waals surface area contributed by atoms with Crippen molar-refractivity contribution in [2.45, 2.75) is 76.1 Å². The van der Waals surface area contributed by atoms with Gasteiger partial charge in [0, 0.05) is 18.0 Å². The lowest BCUT2D eigenvalue weighted by atomic mass is 9.79. The first-order valence-electron chi connectivity index (χ1n) is 14.2. The minimum absolute atomic E-state index is 0.00453. The molecule has 1 aliphatic heterocycles. The number of ether oxygens (including phenoxy) is 1. The van der Waals surface area contributed by atoms with Crippen LogP contribution in [0.5, 0.6) is 5.75 Å². The highest BCUT2D eigenvalue weighted by Crippen LogP contribution is 2.61. The molecule has 200 valence electrons. The van der Waals surface area contributed by atoms with Crippen molar-refractivity contribution in [1.29, 1.82) is 0 Å². The smallest absolute Gasteiger partial charge is 0.387 e. The molecule has 0 aromatic heterocycles. The third-order valence-corrected chi connectivity index (χ3v) is 9.37. The van der Waals surface area contributed by atoms with Gasteiger partial charge in [-0.25, -0.2) is 0 Å². The Morgan fingerprint density at radius 2 is 1.50 bits per heavy atom. The molecule has 3 fully saturated rings. The second-order valence-electron chi connectivity index (χ2n) is 11.8. The predicted molar refractivity (Wildman–Crippen MR) is 149 cm³/mol. The molecular formula is C33H38F2N2O. The summed E-state index contributed by atoms with van der Waals surface area (Å²) in [6.45, 7) is 1.39. The van der Waals surface area contributed by atoms with Crippen LogP contribution >= 0.6 is 0 Å². The molecule has 38 heavy (non-hydrogen) atoms. The lowest BCUT2D eigenvalue weighted by Gasteiger charge is -2.46. The van der Waals surface area contributed by atoms with Crippen molar-refractivity contribution in [2.75, 3.05) is 4.90 Å². The van der Waals surface area contributed by atoms with Gasteiger partial charge in [0.2, 0.25) is 0 Å². The summed E-state index contributed by atoms with van der Waals surface area (Å²) in [5, 5.41) is 0. The molecule has 2 bridgehead atoms. The van der Waals surface area contributed by atoms with Gasteiger partial charge in [-0.1, -0.05) is 87.0 Å². The van der Waals surface area contributed by atoms with Crippen molar-refractivity contribution in [3.8, 4) is 5.75 Å². The summed E-state index contributed by atoms with van der Waals surface area (Å²) in [5.74, 6) is 2.28. The molecule has 3 aromatic carbocycles. The van der Waals surface area contributed by atoms with Crippen LogP contribution in [0.2, 0.25) is 0 Å². The Hall–Kier alpha value is -2.92. The molecule has 5 heteroatoms. The largest absolute Gasteiger partial charge is 0.433 e.